The average molecular weight is 270 g/mol. The molecule has 6 nitrogen and oxygen atoms in total. The highest BCUT2D eigenvalue weighted by Gasteiger charge is 2.31. The van der Waals surface area contributed by atoms with E-state index in [-0.39, 0.29) is 0 Å². The summed E-state index contributed by atoms with van der Waals surface area (Å²) >= 11 is 0. The van der Waals surface area contributed by atoms with Crippen LogP contribution < -0.4 is 0 Å². The summed E-state index contributed by atoms with van der Waals surface area (Å²) in [6.07, 6.45) is 0. The van der Waals surface area contributed by atoms with Gasteiger partial charge in [0.15, 0.2) is 11.2 Å². The van der Waals surface area contributed by atoms with Crippen LogP contribution >= 0.6 is 0 Å². The van der Waals surface area contributed by atoms with E-state index in [1.807, 2.05) is 0 Å². The van der Waals surface area contributed by atoms with Crippen LogP contribution in [0.3, 0.4) is 0 Å². The summed E-state index contributed by atoms with van der Waals surface area (Å²) in [5.74, 6) is -2.44. The summed E-state index contributed by atoms with van der Waals surface area (Å²) < 4.78 is 0. The Balaban J connectivity index is 0.000000399. The lowest BCUT2D eigenvalue weighted by Crippen LogP contribution is -2.31. The monoisotopic (exact) mass is 270 g/mol. The maximum Gasteiger partial charge on any atom is 0.340 e. The molecule has 0 aliphatic heterocycles. The van der Waals surface area contributed by atoms with Crippen molar-refractivity contribution in [1.29, 1.82) is 0 Å². The van der Waals surface area contributed by atoms with Gasteiger partial charge in [-0.25, -0.2) is 9.59 Å². The van der Waals surface area contributed by atoms with Gasteiger partial charge in [0.05, 0.1) is 0 Å². The minimum Gasteiger partial charge on any atom is -0.479 e. The molecule has 0 bridgehead atoms. The quantitative estimate of drug-likeness (QED) is 0.646. The van der Waals surface area contributed by atoms with Gasteiger partial charge >= 0.3 is 11.9 Å². The normalized spacial score (nSPS) is 13.7. The molecule has 0 radical (unpaired) electrons. The van der Waals surface area contributed by atoms with Crippen LogP contribution in [-0.4, -0.2) is 38.0 Å². The molecule has 0 amide bonds. The lowest BCUT2D eigenvalue weighted by atomic mass is 9.97. The minimum atomic E-state index is -1.79. The Morgan fingerprint density at radius 3 is 1.53 bits per heavy atom. The van der Waals surface area contributed by atoms with Crippen molar-refractivity contribution >= 4 is 11.9 Å². The van der Waals surface area contributed by atoms with E-state index in [1.165, 1.54) is 20.8 Å². The lowest BCUT2D eigenvalue weighted by Gasteiger charge is -2.17. The van der Waals surface area contributed by atoms with E-state index >= 15 is 0 Å². The van der Waals surface area contributed by atoms with Crippen molar-refractivity contribution in [2.75, 3.05) is 0 Å². The summed E-state index contributed by atoms with van der Waals surface area (Å²) in [6, 6.07) is 8.29. The molecule has 0 fully saturated rings. The molecular weight excluding hydrogens is 252 g/mol. The van der Waals surface area contributed by atoms with Crippen LogP contribution in [0.25, 0.3) is 0 Å². The predicted molar refractivity (Wildman–Crippen MR) is 67.6 cm³/mol. The molecule has 1 rings (SSSR count). The Hall–Kier alpha value is -1.92. The standard InChI is InChI=1S/C9H10O3.C4H8O3/c1-9(12,8(10)11)7-5-3-2-4-6-7;1-4(2,7)3(5)6/h2-6,12H,1H3,(H,10,11);7H,1-2H3,(H,5,6). The molecule has 0 saturated carbocycles. The Kier molecular flexibility index (Phi) is 5.67. The fourth-order valence-electron chi connectivity index (χ4n) is 0.886. The fourth-order valence-corrected chi connectivity index (χ4v) is 0.886. The first-order valence-corrected chi connectivity index (χ1v) is 5.46. The number of carboxylic acid groups (broad SMARTS) is 2. The van der Waals surface area contributed by atoms with E-state index in [0.29, 0.717) is 5.56 Å². The van der Waals surface area contributed by atoms with Crippen molar-refractivity contribution in [1.82, 2.24) is 0 Å². The number of rotatable bonds is 3. The molecule has 6 heteroatoms. The van der Waals surface area contributed by atoms with Gasteiger partial charge < -0.3 is 20.4 Å². The number of carbonyl (C=O) groups is 2. The predicted octanol–water partition coefficient (Wildman–Crippen LogP) is 0.821. The van der Waals surface area contributed by atoms with Crippen molar-refractivity contribution in [2.45, 2.75) is 32.0 Å². The zero-order valence-electron chi connectivity index (χ0n) is 11.0. The summed E-state index contributed by atoms with van der Waals surface area (Å²) in [4.78, 5) is 20.3. The summed E-state index contributed by atoms with van der Waals surface area (Å²) in [7, 11) is 0. The SMILES string of the molecule is CC(C)(O)C(=O)O.CC(O)(C(=O)O)c1ccccc1. The first-order valence-electron chi connectivity index (χ1n) is 5.46. The molecule has 4 N–H and O–H groups in total. The van der Waals surface area contributed by atoms with E-state index in [1.54, 1.807) is 30.3 Å². The van der Waals surface area contributed by atoms with Crippen LogP contribution in [0.1, 0.15) is 26.3 Å². The fraction of sp³-hybridized carbons (Fsp3) is 0.385. The van der Waals surface area contributed by atoms with Crippen molar-refractivity contribution in [3.8, 4) is 0 Å². The number of hydrogen-bond donors (Lipinski definition) is 4. The van der Waals surface area contributed by atoms with E-state index < -0.39 is 23.1 Å². The van der Waals surface area contributed by atoms with Crippen molar-refractivity contribution < 1.29 is 30.0 Å². The highest BCUT2D eigenvalue weighted by Crippen LogP contribution is 2.19. The molecule has 0 heterocycles. The number of aliphatic hydroxyl groups is 2. The van der Waals surface area contributed by atoms with Crippen LogP contribution in [-0.2, 0) is 15.2 Å². The van der Waals surface area contributed by atoms with Gasteiger partial charge in [0.1, 0.15) is 0 Å². The molecule has 1 aromatic rings. The minimum absolute atomic E-state index is 0.387. The second kappa shape index (κ2) is 6.31. The van der Waals surface area contributed by atoms with Gasteiger partial charge in [-0.1, -0.05) is 30.3 Å². The topological polar surface area (TPSA) is 115 Å². The van der Waals surface area contributed by atoms with E-state index in [4.69, 9.17) is 15.3 Å². The molecule has 19 heavy (non-hydrogen) atoms. The molecule has 1 unspecified atom stereocenters. The van der Waals surface area contributed by atoms with Gasteiger partial charge in [-0.2, -0.15) is 0 Å². The Morgan fingerprint density at radius 2 is 1.26 bits per heavy atom. The number of hydrogen-bond acceptors (Lipinski definition) is 4. The summed E-state index contributed by atoms with van der Waals surface area (Å²) in [5.41, 5.74) is -2.99. The second-order valence-corrected chi connectivity index (χ2v) is 4.61. The molecular formula is C13H18O6. The lowest BCUT2D eigenvalue weighted by molar-refractivity contribution is -0.157. The maximum atomic E-state index is 10.6. The molecule has 0 spiro atoms. The van der Waals surface area contributed by atoms with Gasteiger partial charge in [0.2, 0.25) is 0 Å². The zero-order chi connectivity index (χ0) is 15.3. The number of aliphatic carboxylic acids is 2. The van der Waals surface area contributed by atoms with Crippen LogP contribution in [0.2, 0.25) is 0 Å². The van der Waals surface area contributed by atoms with Gasteiger partial charge in [0.25, 0.3) is 0 Å². The van der Waals surface area contributed by atoms with Crippen molar-refractivity contribution in [2.24, 2.45) is 0 Å². The van der Waals surface area contributed by atoms with Gasteiger partial charge in [0, 0.05) is 0 Å². The van der Waals surface area contributed by atoms with E-state index in [9.17, 15) is 14.7 Å². The molecule has 0 aliphatic rings. The Bertz CT molecular complexity index is 430. The largest absolute Gasteiger partial charge is 0.479 e. The van der Waals surface area contributed by atoms with E-state index in [0.717, 1.165) is 0 Å². The highest BCUT2D eigenvalue weighted by atomic mass is 16.4. The Morgan fingerprint density at radius 1 is 0.895 bits per heavy atom. The third-order valence-corrected chi connectivity index (χ3v) is 2.28. The van der Waals surface area contributed by atoms with Crippen LogP contribution in [0.5, 0.6) is 0 Å². The van der Waals surface area contributed by atoms with Crippen molar-refractivity contribution in [3.63, 3.8) is 0 Å². The van der Waals surface area contributed by atoms with Crippen LogP contribution in [0.15, 0.2) is 30.3 Å². The van der Waals surface area contributed by atoms with Crippen molar-refractivity contribution in [3.05, 3.63) is 35.9 Å². The zero-order valence-corrected chi connectivity index (χ0v) is 11.0. The summed E-state index contributed by atoms with van der Waals surface area (Å²) in [5, 5.41) is 34.6. The third kappa shape index (κ3) is 5.50. The smallest absolute Gasteiger partial charge is 0.340 e. The van der Waals surface area contributed by atoms with Crippen LogP contribution in [0, 0.1) is 0 Å². The van der Waals surface area contributed by atoms with Gasteiger partial charge in [-0.05, 0) is 26.3 Å². The highest BCUT2D eigenvalue weighted by molar-refractivity contribution is 5.78. The molecule has 106 valence electrons. The first-order chi connectivity index (χ1) is 8.49. The average Bonchev–Trinajstić information content (AvgIpc) is 2.29. The molecule has 0 saturated heterocycles. The molecule has 0 aromatic heterocycles. The number of carboxylic acids is 2. The first kappa shape index (κ1) is 17.1. The number of benzene rings is 1. The van der Waals surface area contributed by atoms with Gasteiger partial charge in [-0.3, -0.25) is 0 Å². The van der Waals surface area contributed by atoms with E-state index in [2.05, 4.69) is 0 Å². The molecule has 1 atom stereocenters. The maximum absolute atomic E-state index is 10.6. The van der Waals surface area contributed by atoms with Gasteiger partial charge in [-0.15, -0.1) is 0 Å². The Labute approximate surface area is 110 Å². The molecule has 0 aliphatic carbocycles. The third-order valence-electron chi connectivity index (χ3n) is 2.28. The second-order valence-electron chi connectivity index (χ2n) is 4.61. The van der Waals surface area contributed by atoms with Crippen LogP contribution in [0.4, 0.5) is 0 Å². The molecule has 1 aromatic carbocycles. The summed E-state index contributed by atoms with van der Waals surface area (Å²) in [6.45, 7) is 3.69.